The Balaban J connectivity index is 1.45. The number of nitrogens with one attached hydrogen (secondary N) is 1. The molecule has 3 aromatic heterocycles. The number of aromatic nitrogens is 4. The monoisotopic (exact) mass is 323 g/mol. The number of piperidine rings is 1. The van der Waals surface area contributed by atoms with Gasteiger partial charge in [-0.05, 0) is 50.6 Å². The van der Waals surface area contributed by atoms with Gasteiger partial charge in [0.2, 0.25) is 0 Å². The van der Waals surface area contributed by atoms with E-state index in [0.717, 1.165) is 61.2 Å². The number of aromatic amines is 1. The Labute approximate surface area is 140 Å². The molecule has 1 saturated heterocycles. The first kappa shape index (κ1) is 15.1. The second-order valence-corrected chi connectivity index (χ2v) is 6.37. The quantitative estimate of drug-likeness (QED) is 0.798. The van der Waals surface area contributed by atoms with E-state index in [1.54, 1.807) is 12.4 Å². The van der Waals surface area contributed by atoms with E-state index in [4.69, 9.17) is 9.40 Å². The molecule has 0 aliphatic carbocycles. The summed E-state index contributed by atoms with van der Waals surface area (Å²) < 4.78 is 5.71. The van der Waals surface area contributed by atoms with Gasteiger partial charge in [0, 0.05) is 30.4 Å². The topological polar surface area (TPSA) is 70.8 Å². The highest BCUT2D eigenvalue weighted by Gasteiger charge is 2.25. The predicted octanol–water partition coefficient (Wildman–Crippen LogP) is 3.15. The van der Waals surface area contributed by atoms with Gasteiger partial charge in [-0.15, -0.1) is 0 Å². The van der Waals surface area contributed by atoms with Crippen LogP contribution in [0.4, 0.5) is 0 Å². The minimum atomic E-state index is 0.387. The minimum Gasteiger partial charge on any atom is -0.465 e. The summed E-state index contributed by atoms with van der Waals surface area (Å²) in [6.45, 7) is 4.92. The van der Waals surface area contributed by atoms with Crippen molar-refractivity contribution < 1.29 is 4.42 Å². The number of hydrogen-bond acceptors (Lipinski definition) is 5. The maximum Gasteiger partial charge on any atom is 0.181 e. The highest BCUT2D eigenvalue weighted by Crippen LogP contribution is 2.27. The van der Waals surface area contributed by atoms with Crippen LogP contribution in [0.3, 0.4) is 0 Å². The standard InChI is InChI=1S/C18H21N5O/c1-13-4-5-16(24-13)12-23-10-2-3-15(11-23)18-20-17(21-22-18)14-6-8-19-9-7-14/h4-9,15H,2-3,10-12H2,1H3,(H,20,21,22)/t15-/m1/s1. The van der Waals surface area contributed by atoms with Crippen LogP contribution in [-0.2, 0) is 6.54 Å². The molecule has 1 aliphatic rings. The molecule has 1 N–H and O–H groups in total. The predicted molar refractivity (Wildman–Crippen MR) is 90.3 cm³/mol. The van der Waals surface area contributed by atoms with Crippen LogP contribution in [0.25, 0.3) is 11.4 Å². The number of rotatable bonds is 4. The van der Waals surface area contributed by atoms with Crippen LogP contribution in [0, 0.1) is 6.92 Å². The molecule has 0 radical (unpaired) electrons. The van der Waals surface area contributed by atoms with E-state index in [2.05, 4.69) is 26.1 Å². The number of pyridine rings is 1. The summed E-state index contributed by atoms with van der Waals surface area (Å²) in [7, 11) is 0. The van der Waals surface area contributed by atoms with Gasteiger partial charge < -0.3 is 4.42 Å². The van der Waals surface area contributed by atoms with Crippen molar-refractivity contribution in [2.45, 2.75) is 32.2 Å². The van der Waals surface area contributed by atoms with E-state index < -0.39 is 0 Å². The van der Waals surface area contributed by atoms with Crippen LogP contribution in [0.1, 0.15) is 36.1 Å². The van der Waals surface area contributed by atoms with Crippen LogP contribution < -0.4 is 0 Å². The molecule has 124 valence electrons. The third-order valence-corrected chi connectivity index (χ3v) is 4.51. The molecular weight excluding hydrogens is 302 g/mol. The Bertz CT molecular complexity index is 795. The van der Waals surface area contributed by atoms with Crippen LogP contribution in [0.2, 0.25) is 0 Å². The summed E-state index contributed by atoms with van der Waals surface area (Å²) in [5, 5.41) is 7.50. The summed E-state index contributed by atoms with van der Waals surface area (Å²) in [5.41, 5.74) is 0.992. The lowest BCUT2D eigenvalue weighted by Crippen LogP contribution is -2.34. The van der Waals surface area contributed by atoms with Crippen LogP contribution >= 0.6 is 0 Å². The van der Waals surface area contributed by atoms with Gasteiger partial charge in [-0.3, -0.25) is 15.0 Å². The zero-order valence-electron chi connectivity index (χ0n) is 13.8. The Hall–Kier alpha value is -2.47. The van der Waals surface area contributed by atoms with Crippen molar-refractivity contribution in [2.24, 2.45) is 0 Å². The molecule has 24 heavy (non-hydrogen) atoms. The van der Waals surface area contributed by atoms with Crippen LogP contribution in [0.15, 0.2) is 41.1 Å². The second-order valence-electron chi connectivity index (χ2n) is 6.37. The van der Waals surface area contributed by atoms with Gasteiger partial charge in [0.1, 0.15) is 17.3 Å². The van der Waals surface area contributed by atoms with Gasteiger partial charge in [0.25, 0.3) is 0 Å². The molecular formula is C18H21N5O. The third kappa shape index (κ3) is 3.23. The smallest absolute Gasteiger partial charge is 0.181 e. The Morgan fingerprint density at radius 1 is 1.25 bits per heavy atom. The van der Waals surface area contributed by atoms with Gasteiger partial charge in [-0.25, -0.2) is 4.98 Å². The lowest BCUT2D eigenvalue weighted by atomic mass is 9.97. The van der Waals surface area contributed by atoms with Crippen molar-refractivity contribution in [3.05, 3.63) is 54.0 Å². The summed E-state index contributed by atoms with van der Waals surface area (Å²) in [4.78, 5) is 11.2. The molecule has 0 spiro atoms. The third-order valence-electron chi connectivity index (χ3n) is 4.51. The maximum absolute atomic E-state index is 5.71. The van der Waals surface area contributed by atoms with Crippen LogP contribution in [-0.4, -0.2) is 38.2 Å². The molecule has 0 amide bonds. The maximum atomic E-state index is 5.71. The zero-order valence-corrected chi connectivity index (χ0v) is 13.8. The summed E-state index contributed by atoms with van der Waals surface area (Å²) in [5.74, 6) is 4.10. The lowest BCUT2D eigenvalue weighted by molar-refractivity contribution is 0.183. The molecule has 0 aromatic carbocycles. The normalized spacial score (nSPS) is 18.8. The number of aryl methyl sites for hydroxylation is 1. The number of H-pyrrole nitrogens is 1. The molecule has 4 heterocycles. The molecule has 4 rings (SSSR count). The van der Waals surface area contributed by atoms with Gasteiger partial charge in [0.15, 0.2) is 5.82 Å². The van der Waals surface area contributed by atoms with Gasteiger partial charge >= 0.3 is 0 Å². The molecule has 1 fully saturated rings. The number of likely N-dealkylation sites (tertiary alicyclic amines) is 1. The van der Waals surface area contributed by atoms with E-state index in [1.807, 2.05) is 25.1 Å². The van der Waals surface area contributed by atoms with E-state index >= 15 is 0 Å². The molecule has 0 bridgehead atoms. The minimum absolute atomic E-state index is 0.387. The molecule has 1 aliphatic heterocycles. The highest BCUT2D eigenvalue weighted by atomic mass is 16.3. The first-order valence-corrected chi connectivity index (χ1v) is 8.38. The largest absolute Gasteiger partial charge is 0.465 e. The van der Waals surface area contributed by atoms with Crippen molar-refractivity contribution in [1.82, 2.24) is 25.1 Å². The van der Waals surface area contributed by atoms with E-state index in [9.17, 15) is 0 Å². The lowest BCUT2D eigenvalue weighted by Gasteiger charge is -2.30. The number of nitrogens with zero attached hydrogens (tertiary/aromatic N) is 4. The Morgan fingerprint density at radius 3 is 2.92 bits per heavy atom. The van der Waals surface area contributed by atoms with Gasteiger partial charge in [0.05, 0.1) is 6.54 Å². The average molecular weight is 323 g/mol. The van der Waals surface area contributed by atoms with Gasteiger partial charge in [-0.1, -0.05) is 0 Å². The van der Waals surface area contributed by atoms with E-state index in [0.29, 0.717) is 5.92 Å². The Kier molecular flexibility index (Phi) is 4.13. The van der Waals surface area contributed by atoms with Crippen molar-refractivity contribution >= 4 is 0 Å². The number of hydrogen-bond donors (Lipinski definition) is 1. The fourth-order valence-electron chi connectivity index (χ4n) is 3.30. The second kappa shape index (κ2) is 6.57. The first-order chi connectivity index (χ1) is 11.8. The fourth-order valence-corrected chi connectivity index (χ4v) is 3.30. The molecule has 0 unspecified atom stereocenters. The van der Waals surface area contributed by atoms with Crippen molar-refractivity contribution in [3.8, 4) is 11.4 Å². The van der Waals surface area contributed by atoms with Gasteiger partial charge in [-0.2, -0.15) is 5.10 Å². The molecule has 0 saturated carbocycles. The molecule has 3 aromatic rings. The highest BCUT2D eigenvalue weighted by molar-refractivity contribution is 5.53. The average Bonchev–Trinajstić information content (AvgIpc) is 3.25. The fraction of sp³-hybridized carbons (Fsp3) is 0.389. The van der Waals surface area contributed by atoms with Crippen LogP contribution in [0.5, 0.6) is 0 Å². The summed E-state index contributed by atoms with van der Waals surface area (Å²) >= 11 is 0. The zero-order chi connectivity index (χ0) is 16.4. The summed E-state index contributed by atoms with van der Waals surface area (Å²) in [6.07, 6.45) is 5.83. The first-order valence-electron chi connectivity index (χ1n) is 8.38. The van der Waals surface area contributed by atoms with Crippen molar-refractivity contribution in [2.75, 3.05) is 13.1 Å². The Morgan fingerprint density at radius 2 is 2.12 bits per heavy atom. The SMILES string of the molecule is Cc1ccc(CN2CCC[C@@H](c3nc(-c4ccncc4)n[nH]3)C2)o1. The molecule has 1 atom stereocenters. The molecule has 6 nitrogen and oxygen atoms in total. The number of furan rings is 1. The van der Waals surface area contributed by atoms with E-state index in [-0.39, 0.29) is 0 Å². The summed E-state index contributed by atoms with van der Waals surface area (Å²) in [6, 6.07) is 7.95. The van der Waals surface area contributed by atoms with Crippen molar-refractivity contribution in [1.29, 1.82) is 0 Å². The van der Waals surface area contributed by atoms with Crippen molar-refractivity contribution in [3.63, 3.8) is 0 Å². The van der Waals surface area contributed by atoms with E-state index in [1.165, 1.54) is 0 Å². The molecule has 6 heteroatoms.